The molecule has 4 amide bonds. The molecule has 2 saturated heterocycles. The first-order valence-corrected chi connectivity index (χ1v) is 12.3. The fourth-order valence-electron chi connectivity index (χ4n) is 4.19. The Morgan fingerprint density at radius 3 is 2.42 bits per heavy atom. The number of imide groups is 1. The van der Waals surface area contributed by atoms with Gasteiger partial charge in [0, 0.05) is 43.0 Å². The van der Waals surface area contributed by atoms with Crippen molar-refractivity contribution in [1.29, 1.82) is 0 Å². The van der Waals surface area contributed by atoms with Gasteiger partial charge in [0.25, 0.3) is 11.8 Å². The first kappa shape index (κ1) is 23.2. The van der Waals surface area contributed by atoms with Crippen LogP contribution in [0.25, 0.3) is 0 Å². The van der Waals surface area contributed by atoms with Crippen LogP contribution in [-0.2, 0) is 11.3 Å². The van der Waals surface area contributed by atoms with Gasteiger partial charge in [-0.2, -0.15) is 0 Å². The van der Waals surface area contributed by atoms with Gasteiger partial charge in [-0.25, -0.2) is 4.79 Å². The van der Waals surface area contributed by atoms with Crippen LogP contribution in [-0.4, -0.2) is 54.2 Å². The van der Waals surface area contributed by atoms with Crippen molar-refractivity contribution in [3.63, 3.8) is 0 Å². The Balaban J connectivity index is 1.40. The molecule has 2 aliphatic heterocycles. The number of hydrogen-bond acceptors (Lipinski definition) is 5. The summed E-state index contributed by atoms with van der Waals surface area (Å²) in [6, 6.07) is 15.4. The van der Waals surface area contributed by atoms with E-state index < -0.39 is 11.6 Å². The number of nitrogens with one attached hydrogen (secondary N) is 2. The third-order valence-electron chi connectivity index (χ3n) is 6.18. The lowest BCUT2D eigenvalue weighted by Gasteiger charge is -2.29. The maximum Gasteiger partial charge on any atom is 0.322 e. The molecule has 0 spiro atoms. The van der Waals surface area contributed by atoms with Crippen molar-refractivity contribution in [2.75, 3.05) is 30.8 Å². The van der Waals surface area contributed by atoms with E-state index in [1.165, 1.54) is 36.7 Å². The van der Waals surface area contributed by atoms with Crippen LogP contribution in [0.2, 0.25) is 0 Å². The second-order valence-corrected chi connectivity index (χ2v) is 9.92. The van der Waals surface area contributed by atoms with E-state index in [0.29, 0.717) is 17.9 Å². The Kier molecular flexibility index (Phi) is 6.93. The highest BCUT2D eigenvalue weighted by Crippen LogP contribution is 2.28. The highest BCUT2D eigenvalue weighted by atomic mass is 32.2. The molecule has 8 heteroatoms. The number of anilines is 1. The van der Waals surface area contributed by atoms with Gasteiger partial charge < -0.3 is 15.1 Å². The quantitative estimate of drug-likeness (QED) is 0.481. The van der Waals surface area contributed by atoms with Crippen molar-refractivity contribution < 1.29 is 14.4 Å². The largest absolute Gasteiger partial charge is 0.372 e. The van der Waals surface area contributed by atoms with E-state index in [2.05, 4.69) is 39.8 Å². The van der Waals surface area contributed by atoms with Crippen LogP contribution in [0.4, 0.5) is 10.5 Å². The number of thioether (sulfide) groups is 1. The van der Waals surface area contributed by atoms with E-state index in [9.17, 15) is 14.4 Å². The predicted octanol–water partition coefficient (Wildman–Crippen LogP) is 3.64. The molecule has 2 aromatic rings. The Hall–Kier alpha value is -3.00. The third-order valence-corrected chi connectivity index (χ3v) is 7.56. The third kappa shape index (κ3) is 5.33. The summed E-state index contributed by atoms with van der Waals surface area (Å²) in [6.45, 7) is 4.41. The average molecular weight is 467 g/mol. The number of amides is 4. The Labute approximate surface area is 198 Å². The summed E-state index contributed by atoms with van der Waals surface area (Å²) in [7, 11) is 1.80. The monoisotopic (exact) mass is 466 g/mol. The standard InChI is InChI=1S/C25H30N4O3S/c1-25(23(31)26-24(32)27-25)17-33-21-9-5-4-8-20(21)22(30)28(2)16-18-10-12-19(13-11-18)29-14-6-3-7-15-29/h4-5,8-13H,3,6-7,14-17H2,1-2H3,(H2,26,27,31,32)/t25-/m1/s1. The minimum atomic E-state index is -1.00. The molecule has 174 valence electrons. The van der Waals surface area contributed by atoms with Gasteiger partial charge in [-0.05, 0) is 56.0 Å². The molecule has 0 bridgehead atoms. The molecule has 7 nitrogen and oxygen atoms in total. The minimum Gasteiger partial charge on any atom is -0.372 e. The number of carbonyl (C=O) groups is 3. The first-order valence-electron chi connectivity index (χ1n) is 11.3. The number of hydrogen-bond donors (Lipinski definition) is 2. The fourth-order valence-corrected chi connectivity index (χ4v) is 5.32. The molecule has 0 saturated carbocycles. The summed E-state index contributed by atoms with van der Waals surface area (Å²) in [5, 5.41) is 4.93. The molecule has 0 aromatic heterocycles. The molecule has 2 N–H and O–H groups in total. The molecule has 0 aliphatic carbocycles. The molecule has 33 heavy (non-hydrogen) atoms. The molecule has 2 heterocycles. The van der Waals surface area contributed by atoms with Gasteiger partial charge in [-0.15, -0.1) is 11.8 Å². The zero-order valence-electron chi connectivity index (χ0n) is 19.1. The zero-order chi connectivity index (χ0) is 23.4. The van der Waals surface area contributed by atoms with Crippen molar-refractivity contribution in [2.45, 2.75) is 43.2 Å². The molecule has 0 radical (unpaired) electrons. The Morgan fingerprint density at radius 2 is 1.76 bits per heavy atom. The molecule has 2 aliphatic rings. The number of rotatable bonds is 7. The predicted molar refractivity (Wildman–Crippen MR) is 131 cm³/mol. The maximum absolute atomic E-state index is 13.2. The van der Waals surface area contributed by atoms with Crippen molar-refractivity contribution in [2.24, 2.45) is 0 Å². The summed E-state index contributed by atoms with van der Waals surface area (Å²) in [6.07, 6.45) is 3.79. The van der Waals surface area contributed by atoms with Crippen LogP contribution < -0.4 is 15.5 Å². The van der Waals surface area contributed by atoms with Crippen LogP contribution in [0.15, 0.2) is 53.4 Å². The van der Waals surface area contributed by atoms with E-state index in [1.54, 1.807) is 24.9 Å². The normalized spacial score (nSPS) is 20.4. The van der Waals surface area contributed by atoms with E-state index in [0.717, 1.165) is 23.5 Å². The summed E-state index contributed by atoms with van der Waals surface area (Å²) in [5.74, 6) is -0.103. The summed E-state index contributed by atoms with van der Waals surface area (Å²) in [5.41, 5.74) is 1.91. The van der Waals surface area contributed by atoms with Gasteiger partial charge in [0.05, 0.1) is 5.56 Å². The van der Waals surface area contributed by atoms with Crippen LogP contribution in [0.5, 0.6) is 0 Å². The van der Waals surface area contributed by atoms with Crippen LogP contribution in [0.1, 0.15) is 42.1 Å². The van der Waals surface area contributed by atoms with Crippen LogP contribution >= 0.6 is 11.8 Å². The number of carbonyl (C=O) groups excluding carboxylic acids is 3. The second kappa shape index (κ2) is 9.87. The summed E-state index contributed by atoms with van der Waals surface area (Å²) >= 11 is 1.39. The van der Waals surface area contributed by atoms with Gasteiger partial charge in [0.2, 0.25) is 0 Å². The van der Waals surface area contributed by atoms with Gasteiger partial charge in [0.1, 0.15) is 5.54 Å². The van der Waals surface area contributed by atoms with E-state index in [-0.39, 0.29) is 11.8 Å². The van der Waals surface area contributed by atoms with Crippen molar-refractivity contribution >= 4 is 35.3 Å². The van der Waals surface area contributed by atoms with E-state index in [4.69, 9.17) is 0 Å². The smallest absolute Gasteiger partial charge is 0.322 e. The molecule has 2 aromatic carbocycles. The molecular formula is C25H30N4O3S. The molecule has 0 unspecified atom stereocenters. The lowest BCUT2D eigenvalue weighted by atomic mass is 10.1. The summed E-state index contributed by atoms with van der Waals surface area (Å²) in [4.78, 5) is 41.8. The summed E-state index contributed by atoms with van der Waals surface area (Å²) < 4.78 is 0. The van der Waals surface area contributed by atoms with Gasteiger partial charge in [-0.3, -0.25) is 14.9 Å². The SMILES string of the molecule is CN(Cc1ccc(N2CCCCC2)cc1)C(=O)c1ccccc1SC[C@@]1(C)NC(=O)NC1=O. The lowest BCUT2D eigenvalue weighted by Crippen LogP contribution is -2.46. The number of benzene rings is 2. The van der Waals surface area contributed by atoms with Crippen molar-refractivity contribution in [3.8, 4) is 0 Å². The highest BCUT2D eigenvalue weighted by Gasteiger charge is 2.42. The number of urea groups is 1. The number of nitrogens with zero attached hydrogens (tertiary/aromatic N) is 2. The maximum atomic E-state index is 13.2. The second-order valence-electron chi connectivity index (χ2n) is 8.90. The van der Waals surface area contributed by atoms with Crippen LogP contribution in [0.3, 0.4) is 0 Å². The molecular weight excluding hydrogens is 436 g/mol. The first-order chi connectivity index (χ1) is 15.9. The number of piperidine rings is 1. The highest BCUT2D eigenvalue weighted by molar-refractivity contribution is 7.99. The van der Waals surface area contributed by atoms with Crippen molar-refractivity contribution in [3.05, 3.63) is 59.7 Å². The minimum absolute atomic E-state index is 0.0803. The average Bonchev–Trinajstić information content (AvgIpc) is 3.09. The lowest BCUT2D eigenvalue weighted by molar-refractivity contribution is -0.122. The van der Waals surface area contributed by atoms with E-state index >= 15 is 0 Å². The fraction of sp³-hybridized carbons (Fsp3) is 0.400. The van der Waals surface area contributed by atoms with Gasteiger partial charge >= 0.3 is 6.03 Å². The Morgan fingerprint density at radius 1 is 1.06 bits per heavy atom. The molecule has 2 fully saturated rings. The molecule has 4 rings (SSSR count). The molecule has 1 atom stereocenters. The Bertz CT molecular complexity index is 1040. The van der Waals surface area contributed by atoms with Gasteiger partial charge in [0.15, 0.2) is 0 Å². The van der Waals surface area contributed by atoms with Crippen molar-refractivity contribution in [1.82, 2.24) is 15.5 Å². The van der Waals surface area contributed by atoms with Crippen LogP contribution in [0, 0.1) is 0 Å². The van der Waals surface area contributed by atoms with E-state index in [1.807, 2.05) is 18.2 Å². The van der Waals surface area contributed by atoms with Gasteiger partial charge in [-0.1, -0.05) is 24.3 Å². The zero-order valence-corrected chi connectivity index (χ0v) is 19.9. The topological polar surface area (TPSA) is 81.8 Å².